The van der Waals surface area contributed by atoms with Crippen LogP contribution in [0.5, 0.6) is 0 Å². The summed E-state index contributed by atoms with van der Waals surface area (Å²) in [4.78, 5) is 37.2. The van der Waals surface area contributed by atoms with Crippen molar-refractivity contribution < 1.29 is 14.4 Å². The van der Waals surface area contributed by atoms with Crippen molar-refractivity contribution in [2.24, 2.45) is 0 Å². The molecule has 0 radical (unpaired) electrons. The van der Waals surface area contributed by atoms with E-state index in [2.05, 4.69) is 37.2 Å². The van der Waals surface area contributed by atoms with E-state index in [1.807, 2.05) is 0 Å². The predicted molar refractivity (Wildman–Crippen MR) is 80.1 cm³/mol. The van der Waals surface area contributed by atoms with Gasteiger partial charge >= 0.3 is 0 Å². The lowest BCUT2D eigenvalue weighted by Gasteiger charge is -2.40. The highest BCUT2D eigenvalue weighted by atomic mass is 79.9. The number of imide groups is 1. The lowest BCUT2D eigenvalue weighted by atomic mass is 9.97. The van der Waals surface area contributed by atoms with Crippen molar-refractivity contribution in [2.45, 2.75) is 19.4 Å². The average molecular weight is 404 g/mol. The first-order valence-corrected chi connectivity index (χ1v) is 7.43. The maximum atomic E-state index is 12.6. The van der Waals surface area contributed by atoms with Gasteiger partial charge in [0.25, 0.3) is 11.8 Å². The van der Waals surface area contributed by atoms with Crippen LogP contribution in [-0.2, 0) is 9.59 Å². The Labute approximate surface area is 133 Å². The van der Waals surface area contributed by atoms with Crippen LogP contribution < -0.4 is 5.32 Å². The molecule has 1 aliphatic rings. The Hall–Kier alpha value is -1.21. The highest BCUT2D eigenvalue weighted by Crippen LogP contribution is 2.25. The first kappa shape index (κ1) is 15.2. The Morgan fingerprint density at radius 1 is 1.20 bits per heavy atom. The molecule has 0 bridgehead atoms. The first-order chi connectivity index (χ1) is 9.21. The number of hydrogen-bond donors (Lipinski definition) is 1. The van der Waals surface area contributed by atoms with E-state index in [-0.39, 0.29) is 12.5 Å². The zero-order valence-electron chi connectivity index (χ0n) is 10.9. The molecule has 1 aliphatic heterocycles. The smallest absolute Gasteiger partial charge is 0.255 e. The van der Waals surface area contributed by atoms with Gasteiger partial charge < -0.3 is 4.90 Å². The number of piperazine rings is 1. The van der Waals surface area contributed by atoms with Crippen LogP contribution in [0.3, 0.4) is 0 Å². The van der Waals surface area contributed by atoms with Crippen molar-refractivity contribution in [3.8, 4) is 0 Å². The highest BCUT2D eigenvalue weighted by molar-refractivity contribution is 9.11. The SMILES string of the molecule is CC1(C)C(=O)NC(=O)CN1C(=O)c1cc(Br)cc(Br)c1. The lowest BCUT2D eigenvalue weighted by Crippen LogP contribution is -2.65. The molecule has 106 valence electrons. The maximum absolute atomic E-state index is 12.6. The number of nitrogens with one attached hydrogen (secondary N) is 1. The van der Waals surface area contributed by atoms with Crippen molar-refractivity contribution in [1.29, 1.82) is 0 Å². The molecule has 0 unspecified atom stereocenters. The maximum Gasteiger partial charge on any atom is 0.255 e. The topological polar surface area (TPSA) is 66.5 Å². The summed E-state index contributed by atoms with van der Waals surface area (Å²) in [5.41, 5.74) is -0.665. The molecule has 5 nitrogen and oxygen atoms in total. The Morgan fingerprint density at radius 3 is 2.30 bits per heavy atom. The molecule has 7 heteroatoms. The molecule has 0 aliphatic carbocycles. The number of carbonyl (C=O) groups excluding carboxylic acids is 3. The van der Waals surface area contributed by atoms with Gasteiger partial charge in [-0.25, -0.2) is 0 Å². The first-order valence-electron chi connectivity index (χ1n) is 5.84. The minimum Gasteiger partial charge on any atom is -0.315 e. The Kier molecular flexibility index (Phi) is 4.02. The predicted octanol–water partition coefficient (Wildman–Crippen LogP) is 2.09. The van der Waals surface area contributed by atoms with Crippen molar-refractivity contribution in [2.75, 3.05) is 6.54 Å². The summed E-state index contributed by atoms with van der Waals surface area (Å²) in [5, 5.41) is 2.24. The van der Waals surface area contributed by atoms with E-state index >= 15 is 0 Å². The Balaban J connectivity index is 2.40. The fraction of sp³-hybridized carbons (Fsp3) is 0.308. The second kappa shape index (κ2) is 5.29. The summed E-state index contributed by atoms with van der Waals surface area (Å²) < 4.78 is 1.47. The minimum absolute atomic E-state index is 0.137. The average Bonchev–Trinajstić information content (AvgIpc) is 2.32. The molecule has 0 saturated carbocycles. The van der Waals surface area contributed by atoms with Crippen LogP contribution in [0, 0.1) is 0 Å². The van der Waals surface area contributed by atoms with Crippen molar-refractivity contribution in [3.63, 3.8) is 0 Å². The second-order valence-electron chi connectivity index (χ2n) is 4.99. The molecule has 0 atom stereocenters. The molecule has 1 N–H and O–H groups in total. The van der Waals surface area contributed by atoms with E-state index in [1.54, 1.807) is 32.0 Å². The lowest BCUT2D eigenvalue weighted by molar-refractivity contribution is -0.143. The molecule has 20 heavy (non-hydrogen) atoms. The van der Waals surface area contributed by atoms with Crippen LogP contribution in [0.4, 0.5) is 0 Å². The van der Waals surface area contributed by atoms with Gasteiger partial charge in [0.15, 0.2) is 0 Å². The highest BCUT2D eigenvalue weighted by Gasteiger charge is 2.43. The molecular formula is C13H12Br2N2O3. The monoisotopic (exact) mass is 402 g/mol. The largest absolute Gasteiger partial charge is 0.315 e. The molecule has 2 rings (SSSR count). The zero-order chi connectivity index (χ0) is 15.1. The zero-order valence-corrected chi connectivity index (χ0v) is 14.0. The molecule has 1 saturated heterocycles. The summed E-state index contributed by atoms with van der Waals surface area (Å²) in [7, 11) is 0. The summed E-state index contributed by atoms with van der Waals surface area (Å²) in [6, 6.07) is 5.11. The molecular weight excluding hydrogens is 392 g/mol. The van der Waals surface area contributed by atoms with Crippen LogP contribution in [0.2, 0.25) is 0 Å². The fourth-order valence-corrected chi connectivity index (χ4v) is 3.24. The van der Waals surface area contributed by atoms with Gasteiger partial charge in [0, 0.05) is 14.5 Å². The van der Waals surface area contributed by atoms with Crippen LogP contribution in [-0.4, -0.2) is 34.7 Å². The van der Waals surface area contributed by atoms with Gasteiger partial charge in [-0.1, -0.05) is 31.9 Å². The molecule has 1 aromatic carbocycles. The Bertz CT molecular complexity index is 593. The van der Waals surface area contributed by atoms with E-state index in [0.29, 0.717) is 5.56 Å². The molecule has 0 spiro atoms. The van der Waals surface area contributed by atoms with E-state index in [0.717, 1.165) is 8.95 Å². The van der Waals surface area contributed by atoms with Gasteiger partial charge in [0.1, 0.15) is 12.1 Å². The normalized spacial score (nSPS) is 17.9. The van der Waals surface area contributed by atoms with Crippen molar-refractivity contribution in [3.05, 3.63) is 32.7 Å². The number of rotatable bonds is 1. The van der Waals surface area contributed by atoms with Gasteiger partial charge in [0.05, 0.1) is 0 Å². The van der Waals surface area contributed by atoms with Crippen molar-refractivity contribution >= 4 is 49.6 Å². The number of hydrogen-bond acceptors (Lipinski definition) is 3. The third-order valence-electron chi connectivity index (χ3n) is 3.14. The van der Waals surface area contributed by atoms with Gasteiger partial charge in [-0.15, -0.1) is 0 Å². The molecule has 1 heterocycles. The number of benzene rings is 1. The van der Waals surface area contributed by atoms with E-state index < -0.39 is 17.4 Å². The number of halogens is 2. The number of nitrogens with zero attached hydrogens (tertiary/aromatic N) is 1. The number of amides is 3. The van der Waals surface area contributed by atoms with Gasteiger partial charge in [-0.05, 0) is 32.0 Å². The molecule has 1 fully saturated rings. The standard InChI is InChI=1S/C13H12Br2N2O3/c1-13(2)12(20)16-10(18)6-17(13)11(19)7-3-8(14)5-9(15)4-7/h3-5H,6H2,1-2H3,(H,16,18,20). The van der Waals surface area contributed by atoms with Crippen LogP contribution in [0.15, 0.2) is 27.1 Å². The van der Waals surface area contributed by atoms with E-state index in [1.165, 1.54) is 4.90 Å². The third-order valence-corrected chi connectivity index (χ3v) is 4.06. The summed E-state index contributed by atoms with van der Waals surface area (Å²) in [5.74, 6) is -1.31. The third kappa shape index (κ3) is 2.78. The van der Waals surface area contributed by atoms with Gasteiger partial charge in [-0.3, -0.25) is 19.7 Å². The van der Waals surface area contributed by atoms with Crippen LogP contribution in [0.1, 0.15) is 24.2 Å². The molecule has 1 aromatic rings. The summed E-state index contributed by atoms with van der Waals surface area (Å²) >= 11 is 6.62. The van der Waals surface area contributed by atoms with E-state index in [9.17, 15) is 14.4 Å². The van der Waals surface area contributed by atoms with Crippen LogP contribution in [0.25, 0.3) is 0 Å². The fourth-order valence-electron chi connectivity index (χ4n) is 1.94. The molecule has 0 aromatic heterocycles. The van der Waals surface area contributed by atoms with Gasteiger partial charge in [-0.2, -0.15) is 0 Å². The minimum atomic E-state index is -1.07. The second-order valence-corrected chi connectivity index (χ2v) is 6.82. The van der Waals surface area contributed by atoms with Gasteiger partial charge in [0.2, 0.25) is 5.91 Å². The molecule has 3 amide bonds. The van der Waals surface area contributed by atoms with Crippen molar-refractivity contribution in [1.82, 2.24) is 10.2 Å². The number of carbonyl (C=O) groups is 3. The van der Waals surface area contributed by atoms with E-state index in [4.69, 9.17) is 0 Å². The summed E-state index contributed by atoms with van der Waals surface area (Å²) in [6.45, 7) is 3.08. The summed E-state index contributed by atoms with van der Waals surface area (Å²) in [6.07, 6.45) is 0. The quantitative estimate of drug-likeness (QED) is 0.730. The Morgan fingerprint density at radius 2 is 1.75 bits per heavy atom. The van der Waals surface area contributed by atoms with Crippen LogP contribution >= 0.6 is 31.9 Å².